The molecule has 2 aliphatic carbocycles. The van der Waals surface area contributed by atoms with Crippen LogP contribution in [0.4, 0.5) is 0 Å². The van der Waals surface area contributed by atoms with Gasteiger partial charge in [0.25, 0.3) is 0 Å². The van der Waals surface area contributed by atoms with E-state index in [4.69, 9.17) is 0 Å². The molecule has 0 bridgehead atoms. The Bertz CT molecular complexity index is 1860. The molecule has 0 radical (unpaired) electrons. The van der Waals surface area contributed by atoms with Gasteiger partial charge in [0.05, 0.1) is 11.1 Å². The van der Waals surface area contributed by atoms with Crippen LogP contribution in [0.5, 0.6) is 0 Å². The summed E-state index contributed by atoms with van der Waals surface area (Å²) in [4.78, 5) is 25.9. The molecule has 0 spiro atoms. The van der Waals surface area contributed by atoms with Gasteiger partial charge in [0.2, 0.25) is 0 Å². The summed E-state index contributed by atoms with van der Waals surface area (Å²) in [7, 11) is 0. The Hall–Kier alpha value is -3.87. The Morgan fingerprint density at radius 2 is 0.900 bits per heavy atom. The molecule has 2 aliphatic rings. The van der Waals surface area contributed by atoms with Crippen LogP contribution in [-0.2, 0) is 45.7 Å². The Morgan fingerprint density at radius 1 is 0.560 bits per heavy atom. The molecule has 5 nitrogen and oxygen atoms in total. The number of hydrogen-bond acceptors (Lipinski definition) is 3. The molecule has 0 heterocycles. The number of carboxylic acids is 2. The summed E-state index contributed by atoms with van der Waals surface area (Å²) in [5, 5.41) is 20.1. The number of benzene rings is 4. The minimum atomic E-state index is -1.56. The van der Waals surface area contributed by atoms with Crippen molar-refractivity contribution in [2.45, 2.75) is 125 Å². The molecular formula is C44H50O5S. The zero-order valence-corrected chi connectivity index (χ0v) is 31.5. The van der Waals surface area contributed by atoms with Crippen molar-refractivity contribution in [2.75, 3.05) is 0 Å². The Morgan fingerprint density at radius 3 is 1.26 bits per heavy atom. The summed E-state index contributed by atoms with van der Waals surface area (Å²) >= 11 is -1.56. The van der Waals surface area contributed by atoms with Crippen molar-refractivity contribution < 1.29 is 24.4 Å². The van der Waals surface area contributed by atoms with E-state index in [2.05, 4.69) is 79.7 Å². The first kappa shape index (κ1) is 35.9. The fourth-order valence-electron chi connectivity index (χ4n) is 8.59. The lowest BCUT2D eigenvalue weighted by molar-refractivity contribution is 0.0685. The Balaban J connectivity index is 1.56. The first-order chi connectivity index (χ1) is 23.3. The normalized spacial score (nSPS) is 18.3. The van der Waals surface area contributed by atoms with Crippen molar-refractivity contribution in [1.82, 2.24) is 0 Å². The maximum atomic E-state index is 15.0. The molecule has 0 saturated heterocycles. The van der Waals surface area contributed by atoms with E-state index in [9.17, 15) is 19.8 Å². The second kappa shape index (κ2) is 12.7. The highest BCUT2D eigenvalue weighted by Crippen LogP contribution is 2.51. The summed E-state index contributed by atoms with van der Waals surface area (Å²) in [6.45, 7) is 18.1. The molecule has 2 N–H and O–H groups in total. The number of aromatic carboxylic acids is 2. The lowest BCUT2D eigenvalue weighted by Gasteiger charge is -2.44. The highest BCUT2D eigenvalue weighted by Gasteiger charge is 2.42. The smallest absolute Gasteiger partial charge is 0.335 e. The largest absolute Gasteiger partial charge is 0.606 e. The first-order valence-corrected chi connectivity index (χ1v) is 18.9. The quantitative estimate of drug-likeness (QED) is 0.179. The van der Waals surface area contributed by atoms with Crippen LogP contribution in [0.1, 0.15) is 146 Å². The summed E-state index contributed by atoms with van der Waals surface area (Å²) in [6, 6.07) is 22.8. The van der Waals surface area contributed by atoms with Crippen molar-refractivity contribution >= 4 is 23.1 Å². The predicted molar refractivity (Wildman–Crippen MR) is 201 cm³/mol. The van der Waals surface area contributed by atoms with Gasteiger partial charge < -0.3 is 14.8 Å². The molecular weight excluding hydrogens is 641 g/mol. The fraction of sp³-hybridized carbons (Fsp3) is 0.409. The molecule has 0 saturated carbocycles. The van der Waals surface area contributed by atoms with Gasteiger partial charge in [0.1, 0.15) is 0 Å². The molecule has 0 amide bonds. The molecule has 0 fully saturated rings. The van der Waals surface area contributed by atoms with Gasteiger partial charge in [0, 0.05) is 11.2 Å². The number of fused-ring (bicyclic) bond motifs is 2. The van der Waals surface area contributed by atoms with Crippen molar-refractivity contribution in [3.8, 4) is 0 Å². The van der Waals surface area contributed by atoms with Gasteiger partial charge in [-0.15, -0.1) is 0 Å². The number of hydrogen-bond donors (Lipinski definition) is 2. The summed E-state index contributed by atoms with van der Waals surface area (Å²) in [6.07, 6.45) is 4.84. The summed E-state index contributed by atoms with van der Waals surface area (Å²) in [5.74, 6) is -1.91. The lowest BCUT2D eigenvalue weighted by atomic mass is 9.61. The summed E-state index contributed by atoms with van der Waals surface area (Å²) in [5.41, 5.74) is 8.33. The molecule has 0 aromatic heterocycles. The molecule has 0 aliphatic heterocycles. The van der Waals surface area contributed by atoms with E-state index < -0.39 is 23.1 Å². The number of rotatable bonds is 8. The average Bonchev–Trinajstić information content (AvgIpc) is 3.05. The third kappa shape index (κ3) is 6.53. The van der Waals surface area contributed by atoms with E-state index in [-0.39, 0.29) is 32.8 Å². The van der Waals surface area contributed by atoms with Crippen molar-refractivity contribution in [3.63, 3.8) is 0 Å². The maximum absolute atomic E-state index is 15.0. The number of carbonyl (C=O) groups is 2. The van der Waals surface area contributed by atoms with Gasteiger partial charge in [-0.1, -0.05) is 91.8 Å². The van der Waals surface area contributed by atoms with Crippen molar-refractivity contribution in [3.05, 3.63) is 128 Å². The van der Waals surface area contributed by atoms with E-state index in [0.717, 1.165) is 47.9 Å². The molecule has 262 valence electrons. The van der Waals surface area contributed by atoms with Crippen LogP contribution in [0.25, 0.3) is 0 Å². The topological polar surface area (TPSA) is 97.7 Å². The molecule has 50 heavy (non-hydrogen) atoms. The molecule has 0 atom stereocenters. The Labute approximate surface area is 300 Å². The minimum Gasteiger partial charge on any atom is -0.606 e. The highest BCUT2D eigenvalue weighted by atomic mass is 32.2. The SMILES string of the molecule is CC1(C)CCC(C)(C)c2c(Cc3ccccc3C(=O)O)cc([S+]([O-])c3cc(Cc4ccccc4C(=O)O)c4c(c3)C(C)(C)CCC4(C)C)cc21. The van der Waals surface area contributed by atoms with E-state index in [1.54, 1.807) is 24.3 Å². The third-order valence-corrected chi connectivity index (χ3v) is 13.0. The summed E-state index contributed by atoms with van der Waals surface area (Å²) < 4.78 is 15.0. The van der Waals surface area contributed by atoms with Gasteiger partial charge in [-0.05, 0) is 141 Å². The molecule has 4 aromatic rings. The van der Waals surface area contributed by atoms with Crippen LogP contribution in [0, 0.1) is 0 Å². The van der Waals surface area contributed by atoms with E-state index in [0.29, 0.717) is 22.6 Å². The minimum absolute atomic E-state index is 0.134. The standard InChI is InChI=1S/C44H50O5S/c1-41(2)17-19-43(5,6)37-29(21-27-13-9-11-15-33(27)39(45)46)23-31(25-35(37)41)50(49)32-24-30(22-28-14-10-12-16-34(28)40(47)48)38-36(26-32)42(3,4)18-20-44(38,7)8/h9-16,23-26H,17-22H2,1-8H3,(H,45,46)(H,47,48). The predicted octanol–water partition coefficient (Wildman–Crippen LogP) is 10.1. The monoisotopic (exact) mass is 690 g/mol. The molecule has 0 unspecified atom stereocenters. The van der Waals surface area contributed by atoms with Gasteiger partial charge in [-0.25, -0.2) is 9.59 Å². The highest BCUT2D eigenvalue weighted by molar-refractivity contribution is 7.91. The average molecular weight is 691 g/mol. The van der Waals surface area contributed by atoms with Crippen molar-refractivity contribution in [1.29, 1.82) is 0 Å². The van der Waals surface area contributed by atoms with Gasteiger partial charge >= 0.3 is 11.9 Å². The van der Waals surface area contributed by atoms with Crippen LogP contribution in [-0.4, -0.2) is 26.7 Å². The van der Waals surface area contributed by atoms with Crippen molar-refractivity contribution in [2.24, 2.45) is 0 Å². The fourth-order valence-corrected chi connectivity index (χ4v) is 9.81. The van der Waals surface area contributed by atoms with Crippen LogP contribution in [0.2, 0.25) is 0 Å². The van der Waals surface area contributed by atoms with Crippen LogP contribution < -0.4 is 0 Å². The van der Waals surface area contributed by atoms with E-state index >= 15 is 4.55 Å². The van der Waals surface area contributed by atoms with Crippen LogP contribution in [0.15, 0.2) is 82.6 Å². The first-order valence-electron chi connectivity index (χ1n) is 17.7. The Kier molecular flexibility index (Phi) is 9.14. The zero-order chi connectivity index (χ0) is 36.4. The van der Waals surface area contributed by atoms with Gasteiger partial charge in [-0.2, -0.15) is 0 Å². The second-order valence-corrected chi connectivity index (χ2v) is 18.6. The van der Waals surface area contributed by atoms with E-state index in [1.165, 1.54) is 22.3 Å². The van der Waals surface area contributed by atoms with Crippen LogP contribution >= 0.6 is 0 Å². The van der Waals surface area contributed by atoms with Gasteiger partial charge in [-0.3, -0.25) is 0 Å². The van der Waals surface area contributed by atoms with Gasteiger partial charge in [0.15, 0.2) is 9.79 Å². The second-order valence-electron chi connectivity index (χ2n) is 17.1. The van der Waals surface area contributed by atoms with E-state index in [1.807, 2.05) is 24.3 Å². The van der Waals surface area contributed by atoms with Crippen LogP contribution in [0.3, 0.4) is 0 Å². The molecule has 4 aromatic carbocycles. The molecule has 6 heteroatoms. The lowest BCUT2D eigenvalue weighted by Crippen LogP contribution is -2.36. The third-order valence-electron chi connectivity index (χ3n) is 11.6. The maximum Gasteiger partial charge on any atom is 0.335 e. The zero-order valence-electron chi connectivity index (χ0n) is 30.7. The molecule has 6 rings (SSSR count). The number of carboxylic acid groups (broad SMARTS) is 2.